The van der Waals surface area contributed by atoms with Crippen LogP contribution in [0.2, 0.25) is 5.15 Å². The molecule has 0 N–H and O–H groups in total. The number of rotatable bonds is 1. The number of pyridine rings is 1. The highest BCUT2D eigenvalue weighted by Crippen LogP contribution is 2.32. The summed E-state index contributed by atoms with van der Waals surface area (Å²) in [6.45, 7) is 0. The van der Waals surface area contributed by atoms with Crippen LogP contribution in [-0.2, 0) is 6.18 Å². The number of hydrogen-bond donors (Lipinski definition) is 0. The number of alkyl halides is 3. The van der Waals surface area contributed by atoms with E-state index in [9.17, 15) is 17.6 Å². The Hall–Kier alpha value is -1.62. The van der Waals surface area contributed by atoms with E-state index in [0.717, 1.165) is 18.2 Å². The van der Waals surface area contributed by atoms with Gasteiger partial charge in [-0.2, -0.15) is 13.2 Å². The van der Waals surface area contributed by atoms with E-state index < -0.39 is 17.7 Å². The Morgan fingerprint density at radius 1 is 0.944 bits per heavy atom. The largest absolute Gasteiger partial charge is 0.433 e. The molecule has 0 bridgehead atoms. The van der Waals surface area contributed by atoms with E-state index in [4.69, 9.17) is 11.6 Å². The summed E-state index contributed by atoms with van der Waals surface area (Å²) in [5.74, 6) is -0.463. The highest BCUT2D eigenvalue weighted by molar-refractivity contribution is 6.29. The van der Waals surface area contributed by atoms with Gasteiger partial charge in [-0.1, -0.05) is 23.7 Å². The fraction of sp³-hybridized carbons (Fsp3) is 0.0833. The van der Waals surface area contributed by atoms with Crippen LogP contribution in [0.4, 0.5) is 17.6 Å². The van der Waals surface area contributed by atoms with Crippen LogP contribution in [0.25, 0.3) is 11.1 Å². The fourth-order valence-corrected chi connectivity index (χ4v) is 1.66. The van der Waals surface area contributed by atoms with Crippen molar-refractivity contribution in [1.82, 2.24) is 4.98 Å². The summed E-state index contributed by atoms with van der Waals surface area (Å²) in [7, 11) is 0. The van der Waals surface area contributed by atoms with E-state index in [1.807, 2.05) is 0 Å². The smallest absolute Gasteiger partial charge is 0.232 e. The predicted octanol–water partition coefficient (Wildman–Crippen LogP) is 4.56. The van der Waals surface area contributed by atoms with Crippen LogP contribution in [0.3, 0.4) is 0 Å². The molecule has 0 amide bonds. The molecule has 0 spiro atoms. The Kier molecular flexibility index (Phi) is 3.26. The van der Waals surface area contributed by atoms with E-state index in [1.165, 1.54) is 18.2 Å². The van der Waals surface area contributed by atoms with Crippen molar-refractivity contribution in [1.29, 1.82) is 0 Å². The van der Waals surface area contributed by atoms with Gasteiger partial charge in [0.2, 0.25) is 0 Å². The van der Waals surface area contributed by atoms with Gasteiger partial charge in [-0.15, -0.1) is 0 Å². The molecule has 0 radical (unpaired) electrons. The maximum atomic E-state index is 12.7. The summed E-state index contributed by atoms with van der Waals surface area (Å²) in [6.07, 6.45) is -4.57. The summed E-state index contributed by atoms with van der Waals surface area (Å²) in [4.78, 5) is 3.21. The molecule has 0 aliphatic heterocycles. The summed E-state index contributed by atoms with van der Waals surface area (Å²) in [5.41, 5.74) is -0.400. The monoisotopic (exact) mass is 275 g/mol. The predicted molar refractivity (Wildman–Crippen MR) is 59.6 cm³/mol. The second-order valence-corrected chi connectivity index (χ2v) is 3.96. The van der Waals surface area contributed by atoms with Crippen molar-refractivity contribution in [3.8, 4) is 11.1 Å². The highest BCUT2D eigenvalue weighted by Gasteiger charge is 2.33. The van der Waals surface area contributed by atoms with Crippen molar-refractivity contribution in [2.75, 3.05) is 0 Å². The first-order chi connectivity index (χ1) is 8.36. The Morgan fingerprint density at radius 2 is 1.56 bits per heavy atom. The minimum absolute atomic E-state index is 0.238. The van der Waals surface area contributed by atoms with Crippen LogP contribution in [-0.4, -0.2) is 4.98 Å². The topological polar surface area (TPSA) is 12.9 Å². The molecule has 0 aliphatic carbocycles. The van der Waals surface area contributed by atoms with Crippen molar-refractivity contribution >= 4 is 11.6 Å². The van der Waals surface area contributed by atoms with E-state index in [0.29, 0.717) is 5.56 Å². The molecule has 6 heteroatoms. The van der Waals surface area contributed by atoms with Gasteiger partial charge in [0, 0.05) is 0 Å². The van der Waals surface area contributed by atoms with Gasteiger partial charge >= 0.3 is 6.18 Å². The van der Waals surface area contributed by atoms with Crippen molar-refractivity contribution in [2.45, 2.75) is 6.18 Å². The van der Waals surface area contributed by atoms with Crippen LogP contribution in [0.5, 0.6) is 0 Å². The lowest BCUT2D eigenvalue weighted by molar-refractivity contribution is -0.141. The zero-order valence-electron chi connectivity index (χ0n) is 8.80. The van der Waals surface area contributed by atoms with E-state index in [-0.39, 0.29) is 10.7 Å². The van der Waals surface area contributed by atoms with Gasteiger partial charge < -0.3 is 0 Å². The van der Waals surface area contributed by atoms with Crippen LogP contribution < -0.4 is 0 Å². The molecule has 0 saturated heterocycles. The van der Waals surface area contributed by atoms with Gasteiger partial charge in [-0.05, 0) is 35.4 Å². The molecule has 1 aromatic carbocycles. The lowest BCUT2D eigenvalue weighted by Gasteiger charge is -2.09. The van der Waals surface area contributed by atoms with Gasteiger partial charge in [0.25, 0.3) is 0 Å². The SMILES string of the molecule is Fc1ccc(-c2cc(Cl)nc(C(F)(F)F)c2)cc1. The zero-order valence-corrected chi connectivity index (χ0v) is 9.56. The van der Waals surface area contributed by atoms with Gasteiger partial charge in [-0.25, -0.2) is 9.37 Å². The Morgan fingerprint density at radius 3 is 2.11 bits per heavy atom. The van der Waals surface area contributed by atoms with Gasteiger partial charge in [-0.3, -0.25) is 0 Å². The Bertz CT molecular complexity index is 563. The van der Waals surface area contributed by atoms with Crippen molar-refractivity contribution in [2.24, 2.45) is 0 Å². The highest BCUT2D eigenvalue weighted by atomic mass is 35.5. The molecule has 2 aromatic rings. The molecule has 0 unspecified atom stereocenters. The summed E-state index contributed by atoms with van der Waals surface area (Å²) in [5, 5.41) is -0.260. The molecule has 0 aliphatic rings. The van der Waals surface area contributed by atoms with Crippen LogP contribution >= 0.6 is 11.6 Å². The van der Waals surface area contributed by atoms with Crippen molar-refractivity contribution < 1.29 is 17.6 Å². The normalized spacial score (nSPS) is 11.6. The summed E-state index contributed by atoms with van der Waals surface area (Å²) >= 11 is 5.55. The quantitative estimate of drug-likeness (QED) is 0.549. The molecule has 94 valence electrons. The first kappa shape index (κ1) is 12.8. The van der Waals surface area contributed by atoms with E-state index in [2.05, 4.69) is 4.98 Å². The molecule has 1 nitrogen and oxygen atoms in total. The van der Waals surface area contributed by atoms with Gasteiger partial charge in [0.1, 0.15) is 16.7 Å². The van der Waals surface area contributed by atoms with Gasteiger partial charge in [0.15, 0.2) is 0 Å². The minimum atomic E-state index is -4.57. The first-order valence-corrected chi connectivity index (χ1v) is 5.25. The zero-order chi connectivity index (χ0) is 13.3. The third-order valence-electron chi connectivity index (χ3n) is 2.26. The average Bonchev–Trinajstić information content (AvgIpc) is 2.28. The number of halogens is 5. The third kappa shape index (κ3) is 2.79. The molecule has 18 heavy (non-hydrogen) atoms. The van der Waals surface area contributed by atoms with E-state index in [1.54, 1.807) is 0 Å². The number of aromatic nitrogens is 1. The Labute approximate surface area is 105 Å². The first-order valence-electron chi connectivity index (χ1n) is 4.87. The lowest BCUT2D eigenvalue weighted by Crippen LogP contribution is -2.08. The molecule has 2 rings (SSSR count). The maximum absolute atomic E-state index is 12.7. The molecular formula is C12H6ClF4N. The maximum Gasteiger partial charge on any atom is 0.433 e. The van der Waals surface area contributed by atoms with Crippen molar-refractivity contribution in [3.63, 3.8) is 0 Å². The van der Waals surface area contributed by atoms with Crippen LogP contribution in [0.15, 0.2) is 36.4 Å². The fourth-order valence-electron chi connectivity index (χ4n) is 1.45. The Balaban J connectivity index is 2.52. The van der Waals surface area contributed by atoms with E-state index >= 15 is 0 Å². The number of hydrogen-bond acceptors (Lipinski definition) is 1. The van der Waals surface area contributed by atoms with Crippen LogP contribution in [0.1, 0.15) is 5.69 Å². The van der Waals surface area contributed by atoms with Gasteiger partial charge in [0.05, 0.1) is 0 Å². The standard InChI is InChI=1S/C12H6ClF4N/c13-11-6-8(5-10(18-11)12(15,16)17)7-1-3-9(14)4-2-7/h1-6H. The second kappa shape index (κ2) is 4.57. The molecule has 0 fully saturated rings. The average molecular weight is 276 g/mol. The molecule has 0 saturated carbocycles. The lowest BCUT2D eigenvalue weighted by atomic mass is 10.1. The number of benzene rings is 1. The molecule has 1 aromatic heterocycles. The summed E-state index contributed by atoms with van der Waals surface area (Å²) in [6, 6.07) is 7.25. The minimum Gasteiger partial charge on any atom is -0.232 e. The molecule has 0 atom stereocenters. The molecular weight excluding hydrogens is 270 g/mol. The third-order valence-corrected chi connectivity index (χ3v) is 2.46. The van der Waals surface area contributed by atoms with Crippen molar-refractivity contribution in [3.05, 3.63) is 53.1 Å². The van der Waals surface area contributed by atoms with Crippen LogP contribution in [0, 0.1) is 5.82 Å². The molecule has 1 heterocycles. The number of nitrogens with zero attached hydrogens (tertiary/aromatic N) is 1. The summed E-state index contributed by atoms with van der Waals surface area (Å²) < 4.78 is 50.4. The second-order valence-electron chi connectivity index (χ2n) is 3.57.